The zero-order chi connectivity index (χ0) is 14.3. The number of rotatable bonds is 2. The maximum atomic E-state index is 12.5. The summed E-state index contributed by atoms with van der Waals surface area (Å²) in [5.74, 6) is -0.799. The van der Waals surface area contributed by atoms with Gasteiger partial charge in [0.1, 0.15) is 0 Å². The van der Waals surface area contributed by atoms with Gasteiger partial charge < -0.3 is 10.0 Å². The Morgan fingerprint density at radius 2 is 2.20 bits per heavy atom. The molecule has 4 nitrogen and oxygen atoms in total. The average Bonchev–Trinajstić information content (AvgIpc) is 2.95. The van der Waals surface area contributed by atoms with Crippen LogP contribution in [0.1, 0.15) is 29.6 Å². The molecule has 106 valence electrons. The fourth-order valence-electron chi connectivity index (χ4n) is 3.60. The number of carbonyl (C=O) groups excluding carboxylic acids is 1. The van der Waals surface area contributed by atoms with Gasteiger partial charge in [0, 0.05) is 23.7 Å². The molecule has 1 amide bonds. The van der Waals surface area contributed by atoms with Crippen LogP contribution in [0.25, 0.3) is 0 Å². The predicted molar refractivity (Wildman–Crippen MR) is 74.8 cm³/mol. The first-order valence-electron chi connectivity index (χ1n) is 6.81. The average molecular weight is 294 g/mol. The maximum absolute atomic E-state index is 12.5. The Bertz CT molecular complexity index is 574. The minimum Gasteiger partial charge on any atom is -0.481 e. The second kappa shape index (κ2) is 4.77. The molecule has 2 atom stereocenters. The first-order valence-corrected chi connectivity index (χ1v) is 7.19. The van der Waals surface area contributed by atoms with E-state index in [1.165, 1.54) is 0 Å². The van der Waals surface area contributed by atoms with Crippen molar-refractivity contribution in [1.82, 2.24) is 4.90 Å². The first kappa shape index (κ1) is 13.4. The van der Waals surface area contributed by atoms with Crippen LogP contribution in [0.15, 0.2) is 24.3 Å². The standard InChI is InChI=1S/C15H16ClNO3/c16-12-5-1-3-10(7-12)13(18)17-8-11-4-2-6-15(11,9-17)14(19)20/h1,3,5,7,11H,2,4,6,8-9H2,(H,19,20)/t11-,15+/m0/s1. The molecular weight excluding hydrogens is 278 g/mol. The molecule has 1 N–H and O–H groups in total. The van der Waals surface area contributed by atoms with Gasteiger partial charge in [0.15, 0.2) is 0 Å². The topological polar surface area (TPSA) is 57.6 Å². The van der Waals surface area contributed by atoms with E-state index in [-0.39, 0.29) is 11.8 Å². The number of fused-ring (bicyclic) bond motifs is 1. The van der Waals surface area contributed by atoms with Crippen molar-refractivity contribution in [1.29, 1.82) is 0 Å². The number of hydrogen-bond donors (Lipinski definition) is 1. The van der Waals surface area contributed by atoms with E-state index < -0.39 is 11.4 Å². The van der Waals surface area contributed by atoms with Crippen LogP contribution in [0.5, 0.6) is 0 Å². The molecule has 2 fully saturated rings. The Labute approximate surface area is 122 Å². The van der Waals surface area contributed by atoms with Gasteiger partial charge in [-0.1, -0.05) is 24.1 Å². The van der Waals surface area contributed by atoms with Crippen LogP contribution in [-0.2, 0) is 4.79 Å². The Morgan fingerprint density at radius 3 is 2.85 bits per heavy atom. The van der Waals surface area contributed by atoms with Crippen molar-refractivity contribution in [2.75, 3.05) is 13.1 Å². The van der Waals surface area contributed by atoms with E-state index in [0.717, 1.165) is 12.8 Å². The molecule has 1 heterocycles. The second-order valence-electron chi connectivity index (χ2n) is 5.75. The SMILES string of the molecule is O=C(c1cccc(Cl)c1)N1C[C@@H]2CCC[C@@]2(C(=O)O)C1. The highest BCUT2D eigenvalue weighted by Gasteiger charge is 2.55. The van der Waals surface area contributed by atoms with E-state index >= 15 is 0 Å². The lowest BCUT2D eigenvalue weighted by Crippen LogP contribution is -2.37. The lowest BCUT2D eigenvalue weighted by Gasteiger charge is -2.23. The Balaban J connectivity index is 1.84. The quantitative estimate of drug-likeness (QED) is 0.912. The molecule has 1 aromatic carbocycles. The fourth-order valence-corrected chi connectivity index (χ4v) is 3.79. The van der Waals surface area contributed by atoms with Crippen LogP contribution in [0.3, 0.4) is 0 Å². The molecule has 0 unspecified atom stereocenters. The van der Waals surface area contributed by atoms with Crippen LogP contribution in [0.2, 0.25) is 5.02 Å². The highest BCUT2D eigenvalue weighted by atomic mass is 35.5. The van der Waals surface area contributed by atoms with E-state index in [0.29, 0.717) is 30.1 Å². The van der Waals surface area contributed by atoms with E-state index in [4.69, 9.17) is 11.6 Å². The number of aliphatic carboxylic acids is 1. The lowest BCUT2D eigenvalue weighted by molar-refractivity contribution is -0.149. The van der Waals surface area contributed by atoms with Gasteiger partial charge in [-0.2, -0.15) is 0 Å². The summed E-state index contributed by atoms with van der Waals surface area (Å²) in [5.41, 5.74) is -0.202. The fraction of sp³-hybridized carbons (Fsp3) is 0.467. The third kappa shape index (κ3) is 1.99. The van der Waals surface area contributed by atoms with Gasteiger partial charge in [-0.05, 0) is 37.0 Å². The minimum absolute atomic E-state index is 0.0862. The largest absolute Gasteiger partial charge is 0.481 e. The molecule has 1 saturated heterocycles. The molecule has 1 aromatic rings. The zero-order valence-corrected chi connectivity index (χ0v) is 11.8. The third-order valence-electron chi connectivity index (χ3n) is 4.66. The molecule has 2 aliphatic rings. The molecule has 0 radical (unpaired) electrons. The van der Waals surface area contributed by atoms with Crippen molar-refractivity contribution in [3.8, 4) is 0 Å². The van der Waals surface area contributed by atoms with Crippen molar-refractivity contribution < 1.29 is 14.7 Å². The number of hydrogen-bond acceptors (Lipinski definition) is 2. The van der Waals surface area contributed by atoms with Crippen molar-refractivity contribution in [2.45, 2.75) is 19.3 Å². The molecule has 20 heavy (non-hydrogen) atoms. The maximum Gasteiger partial charge on any atom is 0.311 e. The summed E-state index contributed by atoms with van der Waals surface area (Å²) in [6, 6.07) is 6.80. The molecule has 1 aliphatic carbocycles. The summed E-state index contributed by atoms with van der Waals surface area (Å²) in [6.07, 6.45) is 2.51. The van der Waals surface area contributed by atoms with Gasteiger partial charge in [-0.3, -0.25) is 9.59 Å². The van der Waals surface area contributed by atoms with Crippen LogP contribution in [-0.4, -0.2) is 35.0 Å². The Morgan fingerprint density at radius 1 is 1.40 bits per heavy atom. The molecule has 0 bridgehead atoms. The van der Waals surface area contributed by atoms with E-state index in [2.05, 4.69) is 0 Å². The number of carboxylic acid groups (broad SMARTS) is 1. The minimum atomic E-state index is -0.763. The Hall–Kier alpha value is -1.55. The summed E-state index contributed by atoms with van der Waals surface area (Å²) in [4.78, 5) is 25.7. The van der Waals surface area contributed by atoms with Gasteiger partial charge in [-0.15, -0.1) is 0 Å². The normalized spacial score (nSPS) is 28.4. The van der Waals surface area contributed by atoms with Crippen LogP contribution in [0, 0.1) is 11.3 Å². The summed E-state index contributed by atoms with van der Waals surface area (Å²) in [6.45, 7) is 0.857. The zero-order valence-electron chi connectivity index (χ0n) is 11.0. The highest BCUT2D eigenvalue weighted by Crippen LogP contribution is 2.49. The second-order valence-corrected chi connectivity index (χ2v) is 6.18. The number of carboxylic acids is 1. The van der Waals surface area contributed by atoms with Crippen LogP contribution >= 0.6 is 11.6 Å². The number of carbonyl (C=O) groups is 2. The number of halogens is 1. The third-order valence-corrected chi connectivity index (χ3v) is 4.89. The number of nitrogens with zero attached hydrogens (tertiary/aromatic N) is 1. The number of benzene rings is 1. The van der Waals surface area contributed by atoms with Gasteiger partial charge in [-0.25, -0.2) is 0 Å². The smallest absolute Gasteiger partial charge is 0.311 e. The van der Waals surface area contributed by atoms with Crippen molar-refractivity contribution in [3.63, 3.8) is 0 Å². The monoisotopic (exact) mass is 293 g/mol. The summed E-state index contributed by atoms with van der Waals surface area (Å²) < 4.78 is 0. The Kier molecular flexibility index (Phi) is 3.21. The van der Waals surface area contributed by atoms with Gasteiger partial charge in [0.25, 0.3) is 5.91 Å². The summed E-state index contributed by atoms with van der Waals surface area (Å²) in [5, 5.41) is 10.0. The van der Waals surface area contributed by atoms with E-state index in [1.54, 1.807) is 29.2 Å². The number of likely N-dealkylation sites (tertiary alicyclic amines) is 1. The molecular formula is C15H16ClNO3. The summed E-state index contributed by atoms with van der Waals surface area (Å²) >= 11 is 5.90. The van der Waals surface area contributed by atoms with Gasteiger partial charge in [0.2, 0.25) is 0 Å². The molecule has 5 heteroatoms. The summed E-state index contributed by atoms with van der Waals surface area (Å²) in [7, 11) is 0. The van der Waals surface area contributed by atoms with E-state index in [1.807, 2.05) is 0 Å². The molecule has 0 aromatic heterocycles. The number of amides is 1. The van der Waals surface area contributed by atoms with Crippen molar-refractivity contribution in [2.24, 2.45) is 11.3 Å². The molecule has 0 spiro atoms. The predicted octanol–water partition coefficient (Wildman–Crippen LogP) is 2.67. The first-order chi connectivity index (χ1) is 9.53. The lowest BCUT2D eigenvalue weighted by atomic mass is 9.81. The molecule has 3 rings (SSSR count). The van der Waals surface area contributed by atoms with Crippen molar-refractivity contribution in [3.05, 3.63) is 34.9 Å². The van der Waals surface area contributed by atoms with Crippen LogP contribution < -0.4 is 0 Å². The van der Waals surface area contributed by atoms with Crippen molar-refractivity contribution >= 4 is 23.5 Å². The van der Waals surface area contributed by atoms with Gasteiger partial charge >= 0.3 is 5.97 Å². The highest BCUT2D eigenvalue weighted by molar-refractivity contribution is 6.30. The van der Waals surface area contributed by atoms with Crippen LogP contribution in [0.4, 0.5) is 0 Å². The molecule has 1 aliphatic heterocycles. The molecule has 1 saturated carbocycles. The van der Waals surface area contributed by atoms with Gasteiger partial charge in [0.05, 0.1) is 5.41 Å². The van der Waals surface area contributed by atoms with E-state index in [9.17, 15) is 14.7 Å².